The van der Waals surface area contributed by atoms with E-state index in [-0.39, 0.29) is 55.9 Å². The average Bonchev–Trinajstić information content (AvgIpc) is 3.81. The summed E-state index contributed by atoms with van der Waals surface area (Å²) in [7, 11) is 8.82. The van der Waals surface area contributed by atoms with Gasteiger partial charge in [0, 0.05) is 63.7 Å². The number of carbonyl (C=O) groups excluding carboxylic acids is 2. The minimum atomic E-state index is -1.12. The van der Waals surface area contributed by atoms with Gasteiger partial charge in [0.05, 0.1) is 60.3 Å². The fourth-order valence-electron chi connectivity index (χ4n) is 10.1. The number of carbonyl (C=O) groups is 2. The van der Waals surface area contributed by atoms with Crippen LogP contribution >= 0.6 is 0 Å². The molecule has 0 radical (unpaired) electrons. The van der Waals surface area contributed by atoms with E-state index in [0.29, 0.717) is 25.0 Å². The SMILES string of the molecule is CO[C@]1(C)C[C@@H](C)[C@H](O)[C@H](C)N(C)C[C@@H](CCNC(=O)Cc2cccc(-c3ccco3)c2)OC(=O)[C@H](C)[C@@H](OC2C[C@@](C)(OC)[C@@H](O)[C@H](C)O2)[C@H](C)[C@H]1O[C@@H]1O[C@H](C)C[C@H](N(C)C)[C@H]1O. The molecule has 3 saturated heterocycles. The first-order valence-corrected chi connectivity index (χ1v) is 23.3. The van der Waals surface area contributed by atoms with E-state index in [9.17, 15) is 24.9 Å². The number of esters is 1. The highest BCUT2D eigenvalue weighted by Crippen LogP contribution is 2.41. The largest absolute Gasteiger partial charge is 0.464 e. The predicted molar refractivity (Wildman–Crippen MR) is 244 cm³/mol. The Hall–Kier alpha value is -3.00. The molecular weight excluding hydrogens is 839 g/mol. The van der Waals surface area contributed by atoms with Crippen LogP contribution in [0, 0.1) is 17.8 Å². The smallest absolute Gasteiger partial charge is 0.311 e. The van der Waals surface area contributed by atoms with Gasteiger partial charge in [0.25, 0.3) is 0 Å². The van der Waals surface area contributed by atoms with Gasteiger partial charge in [-0.25, -0.2) is 0 Å². The molecule has 17 atom stereocenters. The Bertz CT molecular complexity index is 1800. The Balaban J connectivity index is 1.47. The van der Waals surface area contributed by atoms with Gasteiger partial charge >= 0.3 is 5.97 Å². The lowest BCUT2D eigenvalue weighted by Crippen LogP contribution is -2.61. The van der Waals surface area contributed by atoms with Gasteiger partial charge in [-0.3, -0.25) is 14.5 Å². The number of hydrogen-bond donors (Lipinski definition) is 4. The molecule has 3 aliphatic rings. The standard InChI is InChI=1S/C49H79N3O13/c1-28-25-49(8,59-13)45(65-47-42(55)37(51(9)10)22-29(2)61-47)30(3)43(64-40-26-48(7,58-12)44(56)33(6)62-40)31(4)46(57)63-36(27-52(11)32(5)41(28)54)19-20-50-39(53)24-34-16-14-17-35(23-34)38-18-15-21-60-38/h14-18,21,23,28-33,36-37,40-45,47,54-56H,19-20,22,24-27H2,1-13H3,(H,50,53)/t28-,29-,30+,31-,32+,33+,36-,37+,40?,41+,42-,43+,44+,45-,47+,48-,49-/m1/s1. The van der Waals surface area contributed by atoms with Gasteiger partial charge in [-0.05, 0) is 105 Å². The van der Waals surface area contributed by atoms with Crippen molar-refractivity contribution in [2.75, 3.05) is 48.5 Å². The molecule has 16 nitrogen and oxygen atoms in total. The van der Waals surface area contributed by atoms with Crippen LogP contribution in [0.2, 0.25) is 0 Å². The van der Waals surface area contributed by atoms with Crippen LogP contribution in [-0.4, -0.2) is 170 Å². The van der Waals surface area contributed by atoms with Crippen LogP contribution < -0.4 is 5.32 Å². The Morgan fingerprint density at radius 3 is 2.29 bits per heavy atom. The van der Waals surface area contributed by atoms with Crippen LogP contribution in [0.3, 0.4) is 0 Å². The van der Waals surface area contributed by atoms with Gasteiger partial charge in [-0.15, -0.1) is 0 Å². The van der Waals surface area contributed by atoms with E-state index in [1.165, 1.54) is 7.11 Å². The molecule has 0 aliphatic carbocycles. The second kappa shape index (κ2) is 22.9. The van der Waals surface area contributed by atoms with Gasteiger partial charge < -0.3 is 63.1 Å². The second-order valence-corrected chi connectivity index (χ2v) is 19.7. The molecule has 3 aliphatic heterocycles. The van der Waals surface area contributed by atoms with E-state index in [1.807, 2.05) is 102 Å². The number of furan rings is 1. The molecule has 4 heterocycles. The molecule has 0 saturated carbocycles. The van der Waals surface area contributed by atoms with Crippen LogP contribution in [0.4, 0.5) is 0 Å². The number of ether oxygens (including phenoxy) is 7. The number of benzene rings is 1. The first-order valence-electron chi connectivity index (χ1n) is 23.3. The van der Waals surface area contributed by atoms with Gasteiger partial charge in [-0.2, -0.15) is 0 Å². The summed E-state index contributed by atoms with van der Waals surface area (Å²) in [6.07, 6.45) is -5.13. The Morgan fingerprint density at radius 2 is 1.65 bits per heavy atom. The number of aliphatic hydroxyl groups excluding tert-OH is 3. The van der Waals surface area contributed by atoms with Crippen molar-refractivity contribution >= 4 is 11.9 Å². The molecule has 65 heavy (non-hydrogen) atoms. The van der Waals surface area contributed by atoms with Crippen molar-refractivity contribution in [3.63, 3.8) is 0 Å². The predicted octanol–water partition coefficient (Wildman–Crippen LogP) is 4.40. The van der Waals surface area contributed by atoms with Crippen molar-refractivity contribution in [2.45, 2.75) is 172 Å². The molecule has 4 N–H and O–H groups in total. The molecular formula is C49H79N3O13. The van der Waals surface area contributed by atoms with Crippen LogP contribution in [0.1, 0.15) is 86.6 Å². The summed E-state index contributed by atoms with van der Waals surface area (Å²) in [6, 6.07) is 10.7. The molecule has 0 bridgehead atoms. The van der Waals surface area contributed by atoms with E-state index < -0.39 is 84.3 Å². The number of methoxy groups -OCH3 is 2. The fraction of sp³-hybridized carbons (Fsp3) is 0.755. The first kappa shape index (κ1) is 53.0. The third-order valence-electron chi connectivity index (χ3n) is 14.4. The summed E-state index contributed by atoms with van der Waals surface area (Å²) in [5.74, 6) is -1.94. The van der Waals surface area contributed by atoms with Crippen molar-refractivity contribution in [2.24, 2.45) is 17.8 Å². The number of rotatable bonds is 13. The van der Waals surface area contributed by atoms with Gasteiger partial charge in [0.1, 0.15) is 24.1 Å². The molecule has 1 aromatic carbocycles. The average molecular weight is 918 g/mol. The zero-order chi connectivity index (χ0) is 48.0. The first-order chi connectivity index (χ1) is 30.6. The summed E-state index contributed by atoms with van der Waals surface area (Å²) in [4.78, 5) is 31.9. The highest BCUT2D eigenvalue weighted by Gasteiger charge is 2.52. The number of amides is 1. The van der Waals surface area contributed by atoms with E-state index in [0.717, 1.165) is 11.1 Å². The highest BCUT2D eigenvalue weighted by atomic mass is 16.7. The molecule has 1 amide bonds. The topological polar surface area (TPSA) is 191 Å². The number of hydrogen-bond acceptors (Lipinski definition) is 15. The summed E-state index contributed by atoms with van der Waals surface area (Å²) >= 11 is 0. The summed E-state index contributed by atoms with van der Waals surface area (Å²) in [5, 5.41) is 37.8. The number of cyclic esters (lactones) is 1. The molecule has 16 heteroatoms. The lowest BCUT2D eigenvalue weighted by atomic mass is 9.76. The van der Waals surface area contributed by atoms with Gasteiger partial charge in [-0.1, -0.05) is 32.0 Å². The molecule has 1 unspecified atom stereocenters. The Kier molecular flexibility index (Phi) is 18.6. The quantitative estimate of drug-likeness (QED) is 0.207. The Morgan fingerprint density at radius 1 is 0.938 bits per heavy atom. The zero-order valence-corrected chi connectivity index (χ0v) is 41.0. The van der Waals surface area contributed by atoms with E-state index >= 15 is 0 Å². The van der Waals surface area contributed by atoms with E-state index in [1.54, 1.807) is 34.1 Å². The number of nitrogens with one attached hydrogen (secondary N) is 1. The third kappa shape index (κ3) is 13.0. The van der Waals surface area contributed by atoms with E-state index in [4.69, 9.17) is 37.6 Å². The number of nitrogens with zero attached hydrogens (tertiary/aromatic N) is 2. The summed E-state index contributed by atoms with van der Waals surface area (Å²) in [5.41, 5.74) is -0.440. The van der Waals surface area contributed by atoms with Crippen LogP contribution in [-0.2, 0) is 49.2 Å². The van der Waals surface area contributed by atoms with Crippen LogP contribution in [0.5, 0.6) is 0 Å². The molecule has 0 spiro atoms. The van der Waals surface area contributed by atoms with Crippen LogP contribution in [0.15, 0.2) is 47.1 Å². The molecule has 1 aromatic heterocycles. The lowest BCUT2D eigenvalue weighted by molar-refractivity contribution is -0.319. The van der Waals surface area contributed by atoms with Crippen molar-refractivity contribution in [1.82, 2.24) is 15.1 Å². The number of aliphatic hydroxyl groups is 3. The normalized spacial score (nSPS) is 39.4. The minimum absolute atomic E-state index is 0.149. The van der Waals surface area contributed by atoms with Crippen LogP contribution in [0.25, 0.3) is 11.3 Å². The molecule has 3 fully saturated rings. The Labute approximate surface area is 386 Å². The van der Waals surface area contributed by atoms with Gasteiger partial charge in [0.2, 0.25) is 5.91 Å². The maximum atomic E-state index is 14.7. The summed E-state index contributed by atoms with van der Waals surface area (Å²) in [6.45, 7) is 15.5. The lowest BCUT2D eigenvalue weighted by Gasteiger charge is -2.50. The maximum absolute atomic E-state index is 14.7. The van der Waals surface area contributed by atoms with Gasteiger partial charge in [0.15, 0.2) is 12.6 Å². The minimum Gasteiger partial charge on any atom is -0.464 e. The summed E-state index contributed by atoms with van der Waals surface area (Å²) < 4.78 is 50.7. The zero-order valence-electron chi connectivity index (χ0n) is 41.0. The fourth-order valence-corrected chi connectivity index (χ4v) is 10.1. The maximum Gasteiger partial charge on any atom is 0.311 e. The van der Waals surface area contributed by atoms with Crippen molar-refractivity contribution in [1.29, 1.82) is 0 Å². The highest BCUT2D eigenvalue weighted by molar-refractivity contribution is 5.79. The molecule has 2 aromatic rings. The monoisotopic (exact) mass is 918 g/mol. The van der Waals surface area contributed by atoms with Crippen molar-refractivity contribution in [3.05, 3.63) is 48.2 Å². The van der Waals surface area contributed by atoms with Crippen molar-refractivity contribution < 1.29 is 62.5 Å². The number of likely N-dealkylation sites (N-methyl/N-ethyl adjacent to an activating group) is 2. The van der Waals surface area contributed by atoms with E-state index in [2.05, 4.69) is 5.32 Å². The second-order valence-electron chi connectivity index (χ2n) is 19.7. The van der Waals surface area contributed by atoms with Crippen molar-refractivity contribution in [3.8, 4) is 11.3 Å². The molecule has 368 valence electrons. The third-order valence-corrected chi connectivity index (χ3v) is 14.4. The molecule has 5 rings (SSSR count).